The Morgan fingerprint density at radius 1 is 1.15 bits per heavy atom. The minimum Gasteiger partial charge on any atom is -0.335 e. The zero-order valence-electron chi connectivity index (χ0n) is 12.0. The second-order valence-corrected chi connectivity index (χ2v) is 5.44. The van der Waals surface area contributed by atoms with Crippen LogP contribution in [0, 0.1) is 6.92 Å². The van der Waals surface area contributed by atoms with Crippen LogP contribution in [0.15, 0.2) is 36.7 Å². The number of nitrogens with one attached hydrogen (secondary N) is 1. The molecule has 2 aromatic rings. The molecule has 0 aliphatic heterocycles. The lowest BCUT2D eigenvalue weighted by molar-refractivity contribution is 0.564. The molecule has 0 amide bonds. The van der Waals surface area contributed by atoms with Gasteiger partial charge in [-0.05, 0) is 57.0 Å². The van der Waals surface area contributed by atoms with E-state index in [0.717, 1.165) is 49.7 Å². The van der Waals surface area contributed by atoms with Crippen molar-refractivity contribution in [3.63, 3.8) is 0 Å². The van der Waals surface area contributed by atoms with E-state index >= 15 is 0 Å². The van der Waals surface area contributed by atoms with Gasteiger partial charge in [-0.15, -0.1) is 0 Å². The minimum atomic E-state index is 0.807. The first-order chi connectivity index (χ1) is 9.75. The quantitative estimate of drug-likeness (QED) is 0.755. The molecule has 0 bridgehead atoms. The molecule has 1 N–H and O–H groups in total. The molecule has 2 rings (SSSR count). The van der Waals surface area contributed by atoms with Crippen molar-refractivity contribution in [1.82, 2.24) is 14.9 Å². The van der Waals surface area contributed by atoms with E-state index in [0.29, 0.717) is 0 Å². The Kier molecular flexibility index (Phi) is 6.09. The topological polar surface area (TPSA) is 29.9 Å². The van der Waals surface area contributed by atoms with E-state index in [1.54, 1.807) is 0 Å². The molecule has 0 atom stereocenters. The smallest absolute Gasteiger partial charge is 0.105 e. The van der Waals surface area contributed by atoms with Crippen LogP contribution < -0.4 is 5.32 Å². The zero-order valence-corrected chi connectivity index (χ0v) is 12.7. The Balaban J connectivity index is 1.52. The summed E-state index contributed by atoms with van der Waals surface area (Å²) >= 11 is 5.86. The molecule has 0 aliphatic carbocycles. The maximum Gasteiger partial charge on any atom is 0.105 e. The van der Waals surface area contributed by atoms with Crippen LogP contribution in [-0.4, -0.2) is 22.6 Å². The highest BCUT2D eigenvalue weighted by atomic mass is 35.5. The third-order valence-electron chi connectivity index (χ3n) is 3.41. The lowest BCUT2D eigenvalue weighted by Gasteiger charge is -2.07. The number of rotatable bonds is 8. The third kappa shape index (κ3) is 4.99. The predicted octanol–water partition coefficient (Wildman–Crippen LogP) is 3.46. The van der Waals surface area contributed by atoms with E-state index in [1.807, 2.05) is 31.5 Å². The summed E-state index contributed by atoms with van der Waals surface area (Å²) in [6.07, 6.45) is 7.29. The van der Waals surface area contributed by atoms with Gasteiger partial charge in [-0.2, -0.15) is 0 Å². The van der Waals surface area contributed by atoms with Crippen LogP contribution in [0.1, 0.15) is 24.2 Å². The lowest BCUT2D eigenvalue weighted by atomic mass is 10.1. The second kappa shape index (κ2) is 8.08. The highest BCUT2D eigenvalue weighted by Gasteiger charge is 1.96. The van der Waals surface area contributed by atoms with Crippen molar-refractivity contribution >= 4 is 11.6 Å². The molecule has 3 nitrogen and oxygen atoms in total. The highest BCUT2D eigenvalue weighted by Crippen LogP contribution is 2.10. The molecule has 0 spiro atoms. The maximum absolute atomic E-state index is 5.86. The van der Waals surface area contributed by atoms with Crippen LogP contribution in [-0.2, 0) is 13.0 Å². The molecule has 0 aliphatic rings. The first-order valence-electron chi connectivity index (χ1n) is 7.18. The van der Waals surface area contributed by atoms with Gasteiger partial charge >= 0.3 is 0 Å². The monoisotopic (exact) mass is 291 g/mol. The average molecular weight is 292 g/mol. The normalized spacial score (nSPS) is 10.9. The van der Waals surface area contributed by atoms with Crippen LogP contribution in [0.2, 0.25) is 5.02 Å². The van der Waals surface area contributed by atoms with Gasteiger partial charge in [-0.25, -0.2) is 4.98 Å². The number of imidazole rings is 1. The Bertz CT molecular complexity index is 505. The molecule has 0 unspecified atom stereocenters. The van der Waals surface area contributed by atoms with Crippen molar-refractivity contribution in [2.75, 3.05) is 13.1 Å². The van der Waals surface area contributed by atoms with Crippen molar-refractivity contribution in [1.29, 1.82) is 0 Å². The van der Waals surface area contributed by atoms with Crippen LogP contribution in [0.4, 0.5) is 0 Å². The minimum absolute atomic E-state index is 0.807. The summed E-state index contributed by atoms with van der Waals surface area (Å²) in [4.78, 5) is 4.22. The second-order valence-electron chi connectivity index (χ2n) is 5.00. The van der Waals surface area contributed by atoms with Gasteiger partial charge in [0.15, 0.2) is 0 Å². The van der Waals surface area contributed by atoms with Crippen LogP contribution in [0.3, 0.4) is 0 Å². The fraction of sp³-hybridized carbons (Fsp3) is 0.438. The first kappa shape index (κ1) is 15.1. The predicted molar refractivity (Wildman–Crippen MR) is 84.2 cm³/mol. The van der Waals surface area contributed by atoms with E-state index in [9.17, 15) is 0 Å². The molecule has 20 heavy (non-hydrogen) atoms. The standard InChI is InChI=1S/C16H22ClN3/c1-14-19-11-13-20(14)12-3-10-18-9-2-4-15-5-7-16(17)8-6-15/h5-8,11,13,18H,2-4,9-10,12H2,1H3. The Morgan fingerprint density at radius 2 is 1.90 bits per heavy atom. The van der Waals surface area contributed by atoms with Gasteiger partial charge in [0.1, 0.15) is 5.82 Å². The van der Waals surface area contributed by atoms with Crippen LogP contribution in [0.5, 0.6) is 0 Å². The van der Waals surface area contributed by atoms with Crippen molar-refractivity contribution in [2.45, 2.75) is 32.7 Å². The number of hydrogen-bond acceptors (Lipinski definition) is 2. The van der Waals surface area contributed by atoms with Crippen molar-refractivity contribution in [3.05, 3.63) is 53.1 Å². The molecule has 0 saturated heterocycles. The van der Waals surface area contributed by atoms with Gasteiger partial charge < -0.3 is 9.88 Å². The summed E-state index contributed by atoms with van der Waals surface area (Å²) < 4.78 is 2.19. The Morgan fingerprint density at radius 3 is 2.60 bits per heavy atom. The van der Waals surface area contributed by atoms with E-state index in [4.69, 9.17) is 11.6 Å². The summed E-state index contributed by atoms with van der Waals surface area (Å²) in [5.41, 5.74) is 1.35. The summed E-state index contributed by atoms with van der Waals surface area (Å²) in [6.45, 7) is 5.19. The first-order valence-corrected chi connectivity index (χ1v) is 7.56. The van der Waals surface area contributed by atoms with Crippen molar-refractivity contribution < 1.29 is 0 Å². The lowest BCUT2D eigenvalue weighted by Crippen LogP contribution is -2.18. The SMILES string of the molecule is Cc1nccn1CCCNCCCc1ccc(Cl)cc1. The van der Waals surface area contributed by atoms with Gasteiger partial charge in [-0.3, -0.25) is 0 Å². The average Bonchev–Trinajstić information content (AvgIpc) is 2.85. The molecule has 4 heteroatoms. The highest BCUT2D eigenvalue weighted by molar-refractivity contribution is 6.30. The number of halogens is 1. The number of aryl methyl sites for hydroxylation is 3. The molecular weight excluding hydrogens is 270 g/mol. The van der Waals surface area contributed by atoms with E-state index in [-0.39, 0.29) is 0 Å². The van der Waals surface area contributed by atoms with E-state index in [2.05, 4.69) is 27.0 Å². The molecule has 1 aromatic carbocycles. The van der Waals surface area contributed by atoms with E-state index < -0.39 is 0 Å². The molecule has 108 valence electrons. The fourth-order valence-corrected chi connectivity index (χ4v) is 2.33. The molecule has 1 heterocycles. The summed E-state index contributed by atoms with van der Waals surface area (Å²) in [6, 6.07) is 8.11. The summed E-state index contributed by atoms with van der Waals surface area (Å²) in [7, 11) is 0. The zero-order chi connectivity index (χ0) is 14.2. The van der Waals surface area contributed by atoms with Crippen molar-refractivity contribution in [3.8, 4) is 0 Å². The van der Waals surface area contributed by atoms with Crippen LogP contribution in [0.25, 0.3) is 0 Å². The van der Waals surface area contributed by atoms with Gasteiger partial charge in [0.25, 0.3) is 0 Å². The molecule has 0 fully saturated rings. The molecular formula is C16H22ClN3. The van der Waals surface area contributed by atoms with Crippen molar-refractivity contribution in [2.24, 2.45) is 0 Å². The van der Waals surface area contributed by atoms with Gasteiger partial charge in [-0.1, -0.05) is 23.7 Å². The number of aromatic nitrogens is 2. The fourth-order valence-electron chi connectivity index (χ4n) is 2.21. The molecule has 0 radical (unpaired) electrons. The number of hydrogen-bond donors (Lipinski definition) is 1. The number of benzene rings is 1. The van der Waals surface area contributed by atoms with Gasteiger partial charge in [0.2, 0.25) is 0 Å². The maximum atomic E-state index is 5.86. The molecule has 0 saturated carbocycles. The van der Waals surface area contributed by atoms with Crippen LogP contribution >= 0.6 is 11.6 Å². The third-order valence-corrected chi connectivity index (χ3v) is 3.66. The van der Waals surface area contributed by atoms with Gasteiger partial charge in [0, 0.05) is 24.0 Å². The van der Waals surface area contributed by atoms with Gasteiger partial charge in [0.05, 0.1) is 0 Å². The summed E-state index contributed by atoms with van der Waals surface area (Å²) in [5, 5.41) is 4.30. The Hall–Kier alpha value is -1.32. The summed E-state index contributed by atoms with van der Waals surface area (Å²) in [5.74, 6) is 1.09. The molecule has 1 aromatic heterocycles. The van der Waals surface area contributed by atoms with E-state index in [1.165, 1.54) is 5.56 Å². The Labute approximate surface area is 126 Å². The largest absolute Gasteiger partial charge is 0.335 e. The number of nitrogens with zero attached hydrogens (tertiary/aromatic N) is 2.